The van der Waals surface area contributed by atoms with Crippen molar-refractivity contribution in [3.8, 4) is 5.75 Å². The van der Waals surface area contributed by atoms with Crippen LogP contribution in [0.25, 0.3) is 10.2 Å². The molecular weight excluding hydrogens is 424 g/mol. The van der Waals surface area contributed by atoms with Crippen molar-refractivity contribution in [1.29, 1.82) is 0 Å². The molecule has 0 radical (unpaired) electrons. The van der Waals surface area contributed by atoms with Crippen LogP contribution in [-0.2, 0) is 11.3 Å². The minimum absolute atomic E-state index is 0.146. The van der Waals surface area contributed by atoms with Crippen LogP contribution in [-0.4, -0.2) is 40.1 Å². The highest BCUT2D eigenvalue weighted by Crippen LogP contribution is 2.29. The lowest BCUT2D eigenvalue weighted by Gasteiger charge is -2.22. The minimum atomic E-state index is -0.716. The van der Waals surface area contributed by atoms with E-state index in [-0.39, 0.29) is 11.5 Å². The molecule has 1 amide bonds. The molecule has 1 aliphatic rings. The summed E-state index contributed by atoms with van der Waals surface area (Å²) in [4.78, 5) is 35.9. The highest BCUT2D eigenvalue weighted by molar-refractivity contribution is 7.18. The summed E-state index contributed by atoms with van der Waals surface area (Å²) >= 11 is 1.54. The third kappa shape index (κ3) is 4.29. The van der Waals surface area contributed by atoms with Gasteiger partial charge < -0.3 is 10.1 Å². The Morgan fingerprint density at radius 1 is 1.25 bits per heavy atom. The van der Waals surface area contributed by atoms with Crippen LogP contribution in [0.5, 0.6) is 5.75 Å². The molecule has 1 atom stereocenters. The Kier molecular flexibility index (Phi) is 6.62. The molecule has 7 nitrogen and oxygen atoms in total. The number of hydrogen-bond acceptors (Lipinski definition) is 6. The van der Waals surface area contributed by atoms with Crippen LogP contribution < -0.4 is 15.6 Å². The van der Waals surface area contributed by atoms with E-state index >= 15 is 0 Å². The van der Waals surface area contributed by atoms with Crippen LogP contribution in [0.4, 0.5) is 5.69 Å². The largest absolute Gasteiger partial charge is 0.492 e. The monoisotopic (exact) mass is 454 g/mol. The molecule has 0 aliphatic carbocycles. The molecule has 4 rings (SSSR count). The molecule has 2 aromatic heterocycles. The van der Waals surface area contributed by atoms with Crippen molar-refractivity contribution in [2.75, 3.05) is 25.0 Å². The summed E-state index contributed by atoms with van der Waals surface area (Å²) in [5.74, 6) is 0.983. The molecule has 1 fully saturated rings. The van der Waals surface area contributed by atoms with Gasteiger partial charge in [-0.3, -0.25) is 19.1 Å². The summed E-state index contributed by atoms with van der Waals surface area (Å²) in [6, 6.07) is 6.62. The van der Waals surface area contributed by atoms with Gasteiger partial charge in [0, 0.05) is 4.88 Å². The van der Waals surface area contributed by atoms with Gasteiger partial charge in [-0.15, -0.1) is 11.3 Å². The molecule has 170 valence electrons. The fraction of sp³-hybridized carbons (Fsp3) is 0.458. The van der Waals surface area contributed by atoms with Gasteiger partial charge >= 0.3 is 0 Å². The highest BCUT2D eigenvalue weighted by Gasteiger charge is 2.26. The van der Waals surface area contributed by atoms with Crippen LogP contribution in [0.1, 0.15) is 49.0 Å². The zero-order valence-electron chi connectivity index (χ0n) is 19.1. The number of fused-ring (bicyclic) bond motifs is 1. The first kappa shape index (κ1) is 22.5. The quantitative estimate of drug-likeness (QED) is 0.577. The summed E-state index contributed by atoms with van der Waals surface area (Å²) in [6.45, 7) is 10.6. The average molecular weight is 455 g/mol. The van der Waals surface area contributed by atoms with Crippen molar-refractivity contribution in [1.82, 2.24) is 14.5 Å². The Morgan fingerprint density at radius 3 is 2.69 bits per heavy atom. The molecule has 1 saturated heterocycles. The summed E-state index contributed by atoms with van der Waals surface area (Å²) in [5, 5.41) is 3.56. The Bertz CT molecular complexity index is 1190. The number of carbonyl (C=O) groups is 1. The fourth-order valence-electron chi connectivity index (χ4n) is 4.21. The van der Waals surface area contributed by atoms with Crippen LogP contribution in [0.2, 0.25) is 0 Å². The molecule has 1 N–H and O–H groups in total. The van der Waals surface area contributed by atoms with Gasteiger partial charge in [0.1, 0.15) is 22.4 Å². The number of para-hydroxylation sites is 2. The summed E-state index contributed by atoms with van der Waals surface area (Å²) < 4.78 is 7.22. The van der Waals surface area contributed by atoms with E-state index in [1.807, 2.05) is 39.0 Å². The molecule has 1 unspecified atom stereocenters. The summed E-state index contributed by atoms with van der Waals surface area (Å²) in [5.41, 5.74) is 1.39. The molecule has 0 saturated carbocycles. The van der Waals surface area contributed by atoms with Gasteiger partial charge in [-0.2, -0.15) is 0 Å². The number of anilines is 1. The number of ether oxygens (including phenoxy) is 1. The van der Waals surface area contributed by atoms with Gasteiger partial charge in [0.25, 0.3) is 5.56 Å². The van der Waals surface area contributed by atoms with Gasteiger partial charge in [-0.05, 0) is 71.3 Å². The van der Waals surface area contributed by atoms with Crippen molar-refractivity contribution in [2.24, 2.45) is 0 Å². The summed E-state index contributed by atoms with van der Waals surface area (Å²) in [6.07, 6.45) is 2.29. The second-order valence-corrected chi connectivity index (χ2v) is 9.45. The van der Waals surface area contributed by atoms with Crippen molar-refractivity contribution in [2.45, 2.75) is 53.1 Å². The predicted molar refractivity (Wildman–Crippen MR) is 129 cm³/mol. The summed E-state index contributed by atoms with van der Waals surface area (Å²) in [7, 11) is 0. The third-order valence-electron chi connectivity index (χ3n) is 6.08. The number of rotatable bonds is 7. The Labute approximate surface area is 192 Å². The number of aryl methyl sites for hydroxylation is 2. The SMILES string of the molecule is CCOc1ccccc1NC(=O)C(C)n1c(CN2CCCC2)nc2sc(C)c(C)c2c1=O. The normalized spacial score (nSPS) is 15.2. The number of nitrogens with zero attached hydrogens (tertiary/aromatic N) is 3. The number of amides is 1. The zero-order valence-corrected chi connectivity index (χ0v) is 19.9. The fourth-order valence-corrected chi connectivity index (χ4v) is 5.24. The van der Waals surface area contributed by atoms with E-state index < -0.39 is 6.04 Å². The first-order chi connectivity index (χ1) is 15.4. The lowest BCUT2D eigenvalue weighted by atomic mass is 10.2. The van der Waals surface area contributed by atoms with Gasteiger partial charge in [0.15, 0.2) is 0 Å². The van der Waals surface area contributed by atoms with E-state index in [0.717, 1.165) is 41.2 Å². The molecule has 3 heterocycles. The van der Waals surface area contributed by atoms with E-state index in [1.165, 1.54) is 0 Å². The van der Waals surface area contributed by atoms with Gasteiger partial charge in [-0.25, -0.2) is 4.98 Å². The number of aromatic nitrogens is 2. The van der Waals surface area contributed by atoms with E-state index in [9.17, 15) is 9.59 Å². The number of thiophene rings is 1. The Balaban J connectivity index is 1.74. The number of carbonyl (C=O) groups excluding carboxylic acids is 1. The number of likely N-dealkylation sites (tertiary alicyclic amines) is 1. The Hall–Kier alpha value is -2.71. The van der Waals surface area contributed by atoms with Gasteiger partial charge in [0.2, 0.25) is 5.91 Å². The second-order valence-electron chi connectivity index (χ2n) is 8.24. The smallest absolute Gasteiger partial charge is 0.263 e. The second kappa shape index (κ2) is 9.42. The molecular formula is C24H30N4O3S. The van der Waals surface area contributed by atoms with Crippen molar-refractivity contribution < 1.29 is 9.53 Å². The van der Waals surface area contributed by atoms with Crippen LogP contribution in [0, 0.1) is 13.8 Å². The standard InChI is InChI=1S/C24H30N4O3S/c1-5-31-19-11-7-6-10-18(19)25-22(29)16(3)28-20(14-27-12-8-9-13-27)26-23-21(24(28)30)15(2)17(4)32-23/h6-7,10-11,16H,5,8-9,12-14H2,1-4H3,(H,25,29). The number of benzene rings is 1. The topological polar surface area (TPSA) is 76.5 Å². The maximum absolute atomic E-state index is 13.6. The molecule has 1 aliphatic heterocycles. The maximum Gasteiger partial charge on any atom is 0.263 e. The maximum atomic E-state index is 13.6. The first-order valence-electron chi connectivity index (χ1n) is 11.2. The van der Waals surface area contributed by atoms with Gasteiger partial charge in [-0.1, -0.05) is 12.1 Å². The molecule has 32 heavy (non-hydrogen) atoms. The third-order valence-corrected chi connectivity index (χ3v) is 7.18. The van der Waals surface area contributed by atoms with Crippen molar-refractivity contribution >= 4 is 33.1 Å². The molecule has 0 bridgehead atoms. The average Bonchev–Trinajstić information content (AvgIpc) is 3.37. The van der Waals surface area contributed by atoms with E-state index in [4.69, 9.17) is 9.72 Å². The lowest BCUT2D eigenvalue weighted by Crippen LogP contribution is -2.36. The molecule has 8 heteroatoms. The number of hydrogen-bond donors (Lipinski definition) is 1. The van der Waals surface area contributed by atoms with Gasteiger partial charge in [0.05, 0.1) is 24.2 Å². The minimum Gasteiger partial charge on any atom is -0.492 e. The van der Waals surface area contributed by atoms with Crippen molar-refractivity contribution in [3.05, 3.63) is 50.9 Å². The molecule has 0 spiro atoms. The predicted octanol–water partition coefficient (Wildman–Crippen LogP) is 4.27. The van der Waals surface area contributed by atoms with Crippen LogP contribution >= 0.6 is 11.3 Å². The van der Waals surface area contributed by atoms with Crippen molar-refractivity contribution in [3.63, 3.8) is 0 Å². The Morgan fingerprint density at radius 2 is 1.97 bits per heavy atom. The van der Waals surface area contributed by atoms with E-state index in [1.54, 1.807) is 28.9 Å². The molecule has 3 aromatic rings. The lowest BCUT2D eigenvalue weighted by molar-refractivity contribution is -0.119. The molecule has 1 aromatic carbocycles. The highest BCUT2D eigenvalue weighted by atomic mass is 32.1. The van der Waals surface area contributed by atoms with E-state index in [2.05, 4.69) is 10.2 Å². The zero-order chi connectivity index (χ0) is 22.8. The first-order valence-corrected chi connectivity index (χ1v) is 12.0. The van der Waals surface area contributed by atoms with Crippen LogP contribution in [0.3, 0.4) is 0 Å². The number of nitrogens with one attached hydrogen (secondary N) is 1. The van der Waals surface area contributed by atoms with E-state index in [0.29, 0.717) is 35.8 Å². The van der Waals surface area contributed by atoms with Crippen LogP contribution in [0.15, 0.2) is 29.1 Å².